The number of carbonyl (C=O) groups is 2. The summed E-state index contributed by atoms with van der Waals surface area (Å²) in [6.45, 7) is 2.07. The van der Waals surface area contributed by atoms with Gasteiger partial charge in [-0.3, -0.25) is 19.5 Å². The van der Waals surface area contributed by atoms with Crippen LogP contribution in [0.5, 0.6) is 0 Å². The van der Waals surface area contributed by atoms with Gasteiger partial charge in [0.15, 0.2) is 0 Å². The van der Waals surface area contributed by atoms with Crippen LogP contribution in [0.4, 0.5) is 11.4 Å². The van der Waals surface area contributed by atoms with Gasteiger partial charge in [-0.15, -0.1) is 11.8 Å². The Morgan fingerprint density at radius 2 is 1.68 bits per heavy atom. The molecule has 1 saturated heterocycles. The van der Waals surface area contributed by atoms with E-state index in [4.69, 9.17) is 0 Å². The van der Waals surface area contributed by atoms with Gasteiger partial charge < -0.3 is 0 Å². The first-order chi connectivity index (χ1) is 15.1. The zero-order valence-corrected chi connectivity index (χ0v) is 18.6. The Kier molecular flexibility index (Phi) is 5.48. The Morgan fingerprint density at radius 1 is 1.00 bits per heavy atom. The van der Waals surface area contributed by atoms with E-state index in [0.29, 0.717) is 5.75 Å². The van der Waals surface area contributed by atoms with Crippen molar-refractivity contribution in [2.45, 2.75) is 22.1 Å². The third-order valence-electron chi connectivity index (χ3n) is 5.28. The molecule has 31 heavy (non-hydrogen) atoms. The molecule has 2 amide bonds. The van der Waals surface area contributed by atoms with Crippen molar-refractivity contribution in [1.82, 2.24) is 10.4 Å². The van der Waals surface area contributed by atoms with E-state index in [1.807, 2.05) is 73.7 Å². The Balaban J connectivity index is 1.39. The summed E-state index contributed by atoms with van der Waals surface area (Å²) in [6, 6.07) is 24.0. The number of nitrogens with one attached hydrogen (secondary N) is 1. The molecule has 0 aliphatic carbocycles. The predicted molar refractivity (Wildman–Crippen MR) is 125 cm³/mol. The summed E-state index contributed by atoms with van der Waals surface area (Å²) in [6.07, 6.45) is 0. The molecule has 5 nitrogen and oxygen atoms in total. The smallest absolute Gasteiger partial charge is 0.248 e. The Morgan fingerprint density at radius 3 is 2.35 bits per heavy atom. The number of amides is 2. The number of nitrogens with zero attached hydrogens (tertiary/aromatic N) is 2. The average Bonchev–Trinajstić information content (AvgIpc) is 3.16. The highest BCUT2D eigenvalue weighted by molar-refractivity contribution is 8.00. The minimum absolute atomic E-state index is 0.0145. The maximum atomic E-state index is 13.4. The van der Waals surface area contributed by atoms with Crippen LogP contribution in [0.25, 0.3) is 0 Å². The van der Waals surface area contributed by atoms with Gasteiger partial charge in [0.25, 0.3) is 0 Å². The van der Waals surface area contributed by atoms with E-state index >= 15 is 0 Å². The van der Waals surface area contributed by atoms with E-state index in [2.05, 4.69) is 11.5 Å². The van der Waals surface area contributed by atoms with E-state index < -0.39 is 0 Å². The zero-order chi connectivity index (χ0) is 21.4. The summed E-state index contributed by atoms with van der Waals surface area (Å²) in [5.74, 6) is 0.276. The third-order valence-corrected chi connectivity index (χ3v) is 7.62. The first kappa shape index (κ1) is 20.2. The van der Waals surface area contributed by atoms with Gasteiger partial charge in [-0.25, -0.2) is 5.43 Å². The second kappa shape index (κ2) is 8.42. The lowest BCUT2D eigenvalue weighted by Crippen LogP contribution is -2.46. The lowest BCUT2D eigenvalue weighted by atomic mass is 10.1. The van der Waals surface area contributed by atoms with E-state index in [1.165, 1.54) is 0 Å². The summed E-state index contributed by atoms with van der Waals surface area (Å²) >= 11 is 3.23. The van der Waals surface area contributed by atoms with Gasteiger partial charge in [0, 0.05) is 9.79 Å². The number of thioether (sulfide) groups is 1. The largest absolute Gasteiger partial charge is 0.278 e. The number of para-hydroxylation sites is 2. The van der Waals surface area contributed by atoms with Crippen molar-refractivity contribution < 1.29 is 9.59 Å². The monoisotopic (exact) mass is 447 g/mol. The maximum Gasteiger partial charge on any atom is 0.248 e. The van der Waals surface area contributed by atoms with Crippen molar-refractivity contribution in [2.24, 2.45) is 0 Å². The van der Waals surface area contributed by atoms with E-state index in [-0.39, 0.29) is 23.7 Å². The molecule has 5 rings (SSSR count). The molecule has 1 fully saturated rings. The van der Waals surface area contributed by atoms with Crippen LogP contribution < -0.4 is 10.3 Å². The van der Waals surface area contributed by atoms with Gasteiger partial charge in [-0.1, -0.05) is 65.9 Å². The van der Waals surface area contributed by atoms with Crippen molar-refractivity contribution in [1.29, 1.82) is 0 Å². The van der Waals surface area contributed by atoms with Crippen molar-refractivity contribution >= 4 is 46.7 Å². The summed E-state index contributed by atoms with van der Waals surface area (Å²) in [5, 5.41) is 1.46. The quantitative estimate of drug-likeness (QED) is 0.616. The van der Waals surface area contributed by atoms with E-state index in [0.717, 1.165) is 32.3 Å². The molecule has 7 heteroatoms. The van der Waals surface area contributed by atoms with Crippen molar-refractivity contribution in [3.05, 3.63) is 83.9 Å². The van der Waals surface area contributed by atoms with Gasteiger partial charge in [0.2, 0.25) is 11.8 Å². The number of hydrazine groups is 1. The number of fused-ring (bicyclic) bond motifs is 2. The second-order valence-corrected chi connectivity index (χ2v) is 9.60. The molecule has 0 saturated carbocycles. The molecule has 0 aromatic heterocycles. The van der Waals surface area contributed by atoms with Gasteiger partial charge in [-0.2, -0.15) is 0 Å². The van der Waals surface area contributed by atoms with Gasteiger partial charge >= 0.3 is 0 Å². The standard InChI is InChI=1S/C24H21N3O2S2/c1-16-7-6-8-17(13-16)24-27(23(29)15-30-24)25-14-22(28)26-18-9-2-4-11-20(18)31-21-12-5-3-10-19(21)26/h2-13,24-25H,14-15H2,1H3. The molecule has 156 valence electrons. The Labute approximate surface area is 189 Å². The maximum absolute atomic E-state index is 13.4. The summed E-state index contributed by atoms with van der Waals surface area (Å²) in [4.78, 5) is 29.8. The van der Waals surface area contributed by atoms with E-state index in [1.54, 1.807) is 33.4 Å². The topological polar surface area (TPSA) is 52.7 Å². The molecule has 2 aliphatic heterocycles. The number of anilines is 2. The molecule has 3 aromatic rings. The predicted octanol–water partition coefficient (Wildman–Crippen LogP) is 4.90. The molecule has 1 unspecified atom stereocenters. The second-order valence-electron chi connectivity index (χ2n) is 7.44. The minimum atomic E-state index is -0.142. The molecular weight excluding hydrogens is 426 g/mol. The summed E-state index contributed by atoms with van der Waals surface area (Å²) in [7, 11) is 0. The molecule has 0 bridgehead atoms. The molecule has 0 spiro atoms. The third kappa shape index (κ3) is 3.84. The highest BCUT2D eigenvalue weighted by Crippen LogP contribution is 2.47. The first-order valence-corrected chi connectivity index (χ1v) is 11.9. The average molecular weight is 448 g/mol. The number of rotatable bonds is 4. The van der Waals surface area contributed by atoms with Crippen LogP contribution in [0.1, 0.15) is 16.5 Å². The zero-order valence-electron chi connectivity index (χ0n) is 16.9. The Bertz CT molecular complexity index is 1120. The lowest BCUT2D eigenvalue weighted by Gasteiger charge is -2.32. The van der Waals surface area contributed by atoms with Crippen molar-refractivity contribution in [3.63, 3.8) is 0 Å². The molecule has 3 aromatic carbocycles. The molecule has 0 radical (unpaired) electrons. The SMILES string of the molecule is Cc1cccc(C2SCC(=O)N2NCC(=O)N2c3ccccc3Sc3ccccc32)c1. The fraction of sp³-hybridized carbons (Fsp3) is 0.167. The van der Waals surface area contributed by atoms with Crippen LogP contribution in [-0.2, 0) is 9.59 Å². The number of aryl methyl sites for hydroxylation is 1. The molecule has 2 heterocycles. The van der Waals surface area contributed by atoms with Crippen LogP contribution in [0.2, 0.25) is 0 Å². The fourth-order valence-corrected chi connectivity index (χ4v) is 6.05. The fourth-order valence-electron chi connectivity index (χ4n) is 3.87. The van der Waals surface area contributed by atoms with Crippen molar-refractivity contribution in [3.8, 4) is 0 Å². The van der Waals surface area contributed by atoms with Crippen molar-refractivity contribution in [2.75, 3.05) is 17.2 Å². The highest BCUT2D eigenvalue weighted by atomic mass is 32.2. The summed E-state index contributed by atoms with van der Waals surface area (Å²) in [5.41, 5.74) is 7.07. The molecule has 1 N–H and O–H groups in total. The number of hydrogen-bond acceptors (Lipinski definition) is 5. The normalized spacial score (nSPS) is 17.5. The van der Waals surface area contributed by atoms with Crippen LogP contribution in [0.3, 0.4) is 0 Å². The van der Waals surface area contributed by atoms with Crippen LogP contribution in [0, 0.1) is 6.92 Å². The van der Waals surface area contributed by atoms with Gasteiger partial charge in [0.05, 0.1) is 23.7 Å². The first-order valence-electron chi connectivity index (χ1n) is 10.0. The van der Waals surface area contributed by atoms with Crippen LogP contribution in [-0.4, -0.2) is 29.1 Å². The van der Waals surface area contributed by atoms with Crippen LogP contribution in [0.15, 0.2) is 82.6 Å². The van der Waals surface area contributed by atoms with E-state index in [9.17, 15) is 9.59 Å². The number of hydrogen-bond donors (Lipinski definition) is 1. The molecule has 2 aliphatic rings. The highest BCUT2D eigenvalue weighted by Gasteiger charge is 2.34. The molecular formula is C24H21N3O2S2. The molecule has 1 atom stereocenters. The summed E-state index contributed by atoms with van der Waals surface area (Å²) < 4.78 is 0. The number of carbonyl (C=O) groups excluding carboxylic acids is 2. The lowest BCUT2D eigenvalue weighted by molar-refractivity contribution is -0.132. The Hall–Kier alpha value is -2.74. The minimum Gasteiger partial charge on any atom is -0.278 e. The van der Waals surface area contributed by atoms with Gasteiger partial charge in [-0.05, 0) is 36.8 Å². The number of benzene rings is 3. The van der Waals surface area contributed by atoms with Gasteiger partial charge in [0.1, 0.15) is 5.37 Å². The van der Waals surface area contributed by atoms with Crippen LogP contribution >= 0.6 is 23.5 Å².